The van der Waals surface area contributed by atoms with Gasteiger partial charge >= 0.3 is 0 Å². The first kappa shape index (κ1) is 13.8. The maximum absolute atomic E-state index is 11.8. The zero-order valence-corrected chi connectivity index (χ0v) is 11.2. The van der Waals surface area contributed by atoms with Crippen LogP contribution in [0.1, 0.15) is 21.5 Å². The van der Waals surface area contributed by atoms with Crippen LogP contribution in [-0.2, 0) is 11.2 Å². The molecule has 20 heavy (non-hydrogen) atoms. The highest BCUT2D eigenvalue weighted by Gasteiger charge is 2.08. The molecule has 0 aliphatic carbocycles. The lowest BCUT2D eigenvalue weighted by Gasteiger charge is -2.08. The van der Waals surface area contributed by atoms with E-state index in [2.05, 4.69) is 10.9 Å². The van der Waals surface area contributed by atoms with Gasteiger partial charge in [0.15, 0.2) is 0 Å². The van der Waals surface area contributed by atoms with Gasteiger partial charge in [-0.2, -0.15) is 0 Å². The van der Waals surface area contributed by atoms with Crippen LogP contribution in [0.25, 0.3) is 0 Å². The number of amides is 2. The zero-order valence-electron chi connectivity index (χ0n) is 11.2. The highest BCUT2D eigenvalue weighted by Crippen LogP contribution is 2.07. The third-order valence-corrected chi connectivity index (χ3v) is 2.96. The minimum Gasteiger partial charge on any atom is -0.273 e. The summed E-state index contributed by atoms with van der Waals surface area (Å²) < 4.78 is 0. The summed E-state index contributed by atoms with van der Waals surface area (Å²) in [4.78, 5) is 23.5. The van der Waals surface area contributed by atoms with Crippen molar-refractivity contribution in [2.45, 2.75) is 13.3 Å². The van der Waals surface area contributed by atoms with Crippen LogP contribution in [0.5, 0.6) is 0 Å². The van der Waals surface area contributed by atoms with Crippen molar-refractivity contribution in [2.75, 3.05) is 0 Å². The average Bonchev–Trinajstić information content (AvgIpc) is 2.48. The first-order valence-corrected chi connectivity index (χ1v) is 6.35. The van der Waals surface area contributed by atoms with E-state index < -0.39 is 0 Å². The fraction of sp³-hybridized carbons (Fsp3) is 0.125. The van der Waals surface area contributed by atoms with Crippen molar-refractivity contribution in [3.05, 3.63) is 71.3 Å². The summed E-state index contributed by atoms with van der Waals surface area (Å²) in [6.45, 7) is 1.95. The highest BCUT2D eigenvalue weighted by molar-refractivity contribution is 5.95. The van der Waals surface area contributed by atoms with E-state index in [-0.39, 0.29) is 18.2 Å². The minimum atomic E-state index is -0.330. The fourth-order valence-corrected chi connectivity index (χ4v) is 1.81. The second kappa shape index (κ2) is 6.52. The van der Waals surface area contributed by atoms with Crippen LogP contribution in [0, 0.1) is 6.92 Å². The Labute approximate surface area is 117 Å². The van der Waals surface area contributed by atoms with E-state index in [0.29, 0.717) is 5.56 Å². The molecule has 2 amide bonds. The number of nitrogens with one attached hydrogen (secondary N) is 2. The lowest BCUT2D eigenvalue weighted by atomic mass is 10.1. The van der Waals surface area contributed by atoms with Crippen molar-refractivity contribution < 1.29 is 9.59 Å². The molecule has 0 heterocycles. The minimum absolute atomic E-state index is 0.238. The van der Waals surface area contributed by atoms with Crippen molar-refractivity contribution in [3.8, 4) is 0 Å². The molecule has 2 N–H and O–H groups in total. The topological polar surface area (TPSA) is 58.2 Å². The van der Waals surface area contributed by atoms with Gasteiger partial charge in [0.1, 0.15) is 0 Å². The third kappa shape index (κ3) is 3.68. The van der Waals surface area contributed by atoms with Crippen molar-refractivity contribution in [3.63, 3.8) is 0 Å². The molecule has 4 heteroatoms. The molecule has 4 nitrogen and oxygen atoms in total. The lowest BCUT2D eigenvalue weighted by molar-refractivity contribution is -0.121. The van der Waals surface area contributed by atoms with Crippen LogP contribution in [-0.4, -0.2) is 11.8 Å². The number of aryl methyl sites for hydroxylation is 1. The van der Waals surface area contributed by atoms with Crippen molar-refractivity contribution in [1.82, 2.24) is 10.9 Å². The number of carbonyl (C=O) groups is 2. The molecule has 0 saturated heterocycles. The van der Waals surface area contributed by atoms with Gasteiger partial charge in [-0.1, -0.05) is 42.5 Å². The highest BCUT2D eigenvalue weighted by atomic mass is 16.2. The predicted molar refractivity (Wildman–Crippen MR) is 76.9 cm³/mol. The summed E-state index contributed by atoms with van der Waals surface area (Å²) in [6, 6.07) is 16.4. The van der Waals surface area contributed by atoms with Gasteiger partial charge in [0, 0.05) is 5.56 Å². The molecule has 2 rings (SSSR count). The molecular formula is C16H16N2O2. The Morgan fingerprint density at radius 3 is 2.25 bits per heavy atom. The molecule has 2 aromatic rings. The first-order chi connectivity index (χ1) is 9.66. The maximum Gasteiger partial charge on any atom is 0.269 e. The van der Waals surface area contributed by atoms with Crippen LogP contribution in [0.15, 0.2) is 54.6 Å². The summed E-state index contributed by atoms with van der Waals surface area (Å²) in [5.41, 5.74) is 7.32. The van der Waals surface area contributed by atoms with E-state index in [1.807, 2.05) is 37.3 Å². The van der Waals surface area contributed by atoms with Gasteiger partial charge < -0.3 is 0 Å². The van der Waals surface area contributed by atoms with Gasteiger partial charge in [-0.3, -0.25) is 20.4 Å². The molecular weight excluding hydrogens is 252 g/mol. The molecule has 0 spiro atoms. The summed E-state index contributed by atoms with van der Waals surface area (Å²) >= 11 is 0. The molecule has 0 unspecified atom stereocenters. The predicted octanol–water partition coefficient (Wildman–Crippen LogP) is 2.00. The largest absolute Gasteiger partial charge is 0.273 e. The molecule has 102 valence electrons. The molecule has 0 bridgehead atoms. The summed E-state index contributed by atoms with van der Waals surface area (Å²) in [5, 5.41) is 0. The van der Waals surface area contributed by atoms with Gasteiger partial charge in [0.25, 0.3) is 5.91 Å². The second-order valence-corrected chi connectivity index (χ2v) is 4.47. The van der Waals surface area contributed by atoms with Gasteiger partial charge in [0.2, 0.25) is 5.91 Å². The smallest absolute Gasteiger partial charge is 0.269 e. The third-order valence-electron chi connectivity index (χ3n) is 2.96. The standard InChI is InChI=1S/C16H16N2O2/c1-12-7-5-6-10-14(12)11-15(19)17-18-16(20)13-8-3-2-4-9-13/h2-10H,11H2,1H3,(H,17,19)(H,18,20). The van der Waals surface area contributed by atoms with Gasteiger partial charge in [-0.05, 0) is 30.2 Å². The van der Waals surface area contributed by atoms with Crippen molar-refractivity contribution in [1.29, 1.82) is 0 Å². The quantitative estimate of drug-likeness (QED) is 0.836. The normalized spacial score (nSPS) is 9.85. The van der Waals surface area contributed by atoms with E-state index in [9.17, 15) is 9.59 Å². The summed E-state index contributed by atoms with van der Waals surface area (Å²) in [7, 11) is 0. The van der Waals surface area contributed by atoms with Crippen LogP contribution in [0.4, 0.5) is 0 Å². The SMILES string of the molecule is Cc1ccccc1CC(=O)NNC(=O)c1ccccc1. The first-order valence-electron chi connectivity index (χ1n) is 6.35. The zero-order chi connectivity index (χ0) is 14.4. The monoisotopic (exact) mass is 268 g/mol. The van der Waals surface area contributed by atoms with E-state index in [1.165, 1.54) is 0 Å². The Morgan fingerprint density at radius 2 is 1.55 bits per heavy atom. The Kier molecular flexibility index (Phi) is 4.50. The number of hydrogen-bond donors (Lipinski definition) is 2. The molecule has 0 aromatic heterocycles. The van der Waals surface area contributed by atoms with Gasteiger partial charge in [0.05, 0.1) is 6.42 Å². The molecule has 0 atom stereocenters. The van der Waals surface area contributed by atoms with Crippen LogP contribution < -0.4 is 10.9 Å². The molecule has 0 fully saturated rings. The molecule has 2 aromatic carbocycles. The second-order valence-electron chi connectivity index (χ2n) is 4.47. The van der Waals surface area contributed by atoms with E-state index in [1.54, 1.807) is 24.3 Å². The maximum atomic E-state index is 11.8. The molecule has 0 radical (unpaired) electrons. The van der Waals surface area contributed by atoms with Gasteiger partial charge in [-0.15, -0.1) is 0 Å². The fourth-order valence-electron chi connectivity index (χ4n) is 1.81. The van der Waals surface area contributed by atoms with E-state index >= 15 is 0 Å². The molecule has 0 aliphatic rings. The summed E-state index contributed by atoms with van der Waals surface area (Å²) in [6.07, 6.45) is 0.238. The van der Waals surface area contributed by atoms with E-state index in [4.69, 9.17) is 0 Å². The van der Waals surface area contributed by atoms with Crippen molar-refractivity contribution >= 4 is 11.8 Å². The van der Waals surface area contributed by atoms with Crippen LogP contribution in [0.3, 0.4) is 0 Å². The average molecular weight is 268 g/mol. The number of benzene rings is 2. The Bertz CT molecular complexity index is 609. The van der Waals surface area contributed by atoms with E-state index in [0.717, 1.165) is 11.1 Å². The number of carbonyl (C=O) groups excluding carboxylic acids is 2. The Hall–Kier alpha value is -2.62. The number of rotatable bonds is 3. The molecule has 0 aliphatic heterocycles. The Morgan fingerprint density at radius 1 is 0.900 bits per heavy atom. The van der Waals surface area contributed by atoms with Crippen molar-refractivity contribution in [2.24, 2.45) is 0 Å². The van der Waals surface area contributed by atoms with Crippen LogP contribution >= 0.6 is 0 Å². The lowest BCUT2D eigenvalue weighted by Crippen LogP contribution is -2.42. The number of hydrogen-bond acceptors (Lipinski definition) is 2. The van der Waals surface area contributed by atoms with Gasteiger partial charge in [-0.25, -0.2) is 0 Å². The molecule has 0 saturated carbocycles. The van der Waals surface area contributed by atoms with Crippen LogP contribution in [0.2, 0.25) is 0 Å². The summed E-state index contributed by atoms with van der Waals surface area (Å²) in [5.74, 6) is -0.577. The number of hydrazine groups is 1. The Balaban J connectivity index is 1.87.